The summed E-state index contributed by atoms with van der Waals surface area (Å²) in [5.41, 5.74) is 1.55. The van der Waals surface area contributed by atoms with Gasteiger partial charge in [0.05, 0.1) is 0 Å². The molecule has 3 aliphatic carbocycles. The fourth-order valence-corrected chi connectivity index (χ4v) is 2.61. The summed E-state index contributed by atoms with van der Waals surface area (Å²) in [6.07, 6.45) is 4.19. The van der Waals surface area contributed by atoms with Crippen molar-refractivity contribution in [2.45, 2.75) is 47.5 Å². The highest BCUT2D eigenvalue weighted by molar-refractivity contribution is 5.95. The molecule has 3 aliphatic rings. The molecule has 0 aliphatic heterocycles. The highest BCUT2D eigenvalue weighted by Crippen LogP contribution is 2.57. The van der Waals surface area contributed by atoms with Gasteiger partial charge in [0.1, 0.15) is 0 Å². The molecule has 0 amide bonds. The van der Waals surface area contributed by atoms with Crippen molar-refractivity contribution in [1.82, 2.24) is 0 Å². The first-order valence-electron chi connectivity index (χ1n) is 5.67. The van der Waals surface area contributed by atoms with Crippen LogP contribution in [0.1, 0.15) is 47.5 Å². The van der Waals surface area contributed by atoms with Crippen molar-refractivity contribution >= 4 is 5.78 Å². The SMILES string of the molecule is CC1=CC(=O)[C@@H]2C[C@H]1C2(C)C.CCC. The summed E-state index contributed by atoms with van der Waals surface area (Å²) < 4.78 is 0. The average molecular weight is 194 g/mol. The number of rotatable bonds is 0. The monoisotopic (exact) mass is 194 g/mol. The van der Waals surface area contributed by atoms with Gasteiger partial charge in [0.2, 0.25) is 0 Å². The van der Waals surface area contributed by atoms with Gasteiger partial charge < -0.3 is 0 Å². The Labute approximate surface area is 87.6 Å². The third-order valence-corrected chi connectivity index (χ3v) is 3.53. The molecule has 1 saturated carbocycles. The predicted molar refractivity (Wildman–Crippen MR) is 60.1 cm³/mol. The number of allylic oxidation sites excluding steroid dienone is 2. The van der Waals surface area contributed by atoms with E-state index in [0.29, 0.717) is 17.6 Å². The lowest BCUT2D eigenvalue weighted by Crippen LogP contribution is -2.51. The van der Waals surface area contributed by atoms with E-state index in [9.17, 15) is 4.79 Å². The lowest BCUT2D eigenvalue weighted by Gasteiger charge is -2.54. The van der Waals surface area contributed by atoms with Gasteiger partial charge in [0.25, 0.3) is 0 Å². The van der Waals surface area contributed by atoms with E-state index >= 15 is 0 Å². The summed E-state index contributed by atoms with van der Waals surface area (Å²) >= 11 is 0. The largest absolute Gasteiger partial charge is 0.295 e. The Bertz CT molecular complexity index is 260. The third-order valence-electron chi connectivity index (χ3n) is 3.53. The molecule has 0 aromatic rings. The van der Waals surface area contributed by atoms with Crippen LogP contribution in [-0.4, -0.2) is 5.78 Å². The van der Waals surface area contributed by atoms with Gasteiger partial charge in [-0.1, -0.05) is 39.7 Å². The Morgan fingerprint density at radius 2 is 1.86 bits per heavy atom. The Morgan fingerprint density at radius 3 is 2.14 bits per heavy atom. The standard InChI is InChI=1S/C10H14O.C3H8/c1-6-4-9(11)8-5-7(6)10(8,2)3;1-3-2/h4,7-8H,5H2,1-3H3;3H2,1-2H3/t7-,8+;/m1./s1. The molecular weight excluding hydrogens is 172 g/mol. The highest BCUT2D eigenvalue weighted by atomic mass is 16.1. The molecule has 0 saturated heterocycles. The van der Waals surface area contributed by atoms with Gasteiger partial charge >= 0.3 is 0 Å². The van der Waals surface area contributed by atoms with Crippen molar-refractivity contribution in [3.05, 3.63) is 11.6 Å². The topological polar surface area (TPSA) is 17.1 Å². The predicted octanol–water partition coefficient (Wildman–Crippen LogP) is 3.59. The fraction of sp³-hybridized carbons (Fsp3) is 0.769. The Hall–Kier alpha value is -0.590. The Kier molecular flexibility index (Phi) is 3.18. The van der Waals surface area contributed by atoms with Crippen molar-refractivity contribution in [2.24, 2.45) is 17.3 Å². The zero-order chi connectivity index (χ0) is 10.9. The summed E-state index contributed by atoms with van der Waals surface area (Å²) in [4.78, 5) is 11.4. The summed E-state index contributed by atoms with van der Waals surface area (Å²) in [5, 5.41) is 0. The molecule has 0 spiro atoms. The highest BCUT2D eigenvalue weighted by Gasteiger charge is 2.54. The van der Waals surface area contributed by atoms with Crippen molar-refractivity contribution in [1.29, 1.82) is 0 Å². The molecule has 0 aromatic carbocycles. The average Bonchev–Trinajstić information content (AvgIpc) is 2.02. The Morgan fingerprint density at radius 1 is 1.36 bits per heavy atom. The van der Waals surface area contributed by atoms with Gasteiger partial charge in [-0.25, -0.2) is 0 Å². The second-order valence-corrected chi connectivity index (χ2v) is 5.16. The van der Waals surface area contributed by atoms with Crippen molar-refractivity contribution in [3.63, 3.8) is 0 Å². The molecule has 0 aromatic heterocycles. The maximum atomic E-state index is 11.4. The van der Waals surface area contributed by atoms with Gasteiger partial charge in [-0.05, 0) is 30.8 Å². The third kappa shape index (κ3) is 1.65. The second-order valence-electron chi connectivity index (χ2n) is 5.16. The summed E-state index contributed by atoms with van der Waals surface area (Å²) in [5.74, 6) is 1.37. The van der Waals surface area contributed by atoms with Crippen LogP contribution >= 0.6 is 0 Å². The molecule has 0 unspecified atom stereocenters. The molecule has 0 radical (unpaired) electrons. The minimum absolute atomic E-state index is 0.260. The van der Waals surface area contributed by atoms with E-state index < -0.39 is 0 Å². The maximum Gasteiger partial charge on any atom is 0.159 e. The Balaban J connectivity index is 0.000000293. The van der Waals surface area contributed by atoms with Crippen molar-refractivity contribution in [2.75, 3.05) is 0 Å². The number of carbonyl (C=O) groups excluding carboxylic acids is 1. The molecule has 2 atom stereocenters. The summed E-state index contributed by atoms with van der Waals surface area (Å²) in [6, 6.07) is 0. The van der Waals surface area contributed by atoms with Crippen molar-refractivity contribution < 1.29 is 4.79 Å². The van der Waals surface area contributed by atoms with Crippen LogP contribution in [0.25, 0.3) is 0 Å². The van der Waals surface area contributed by atoms with E-state index in [1.54, 1.807) is 0 Å². The molecule has 80 valence electrons. The molecule has 0 N–H and O–H groups in total. The second kappa shape index (κ2) is 3.88. The lowest BCUT2D eigenvalue weighted by molar-refractivity contribution is -0.133. The van der Waals surface area contributed by atoms with Crippen LogP contribution in [0, 0.1) is 17.3 Å². The number of hydrogen-bond acceptors (Lipinski definition) is 1. The molecule has 1 fully saturated rings. The first kappa shape index (κ1) is 11.5. The van der Waals surface area contributed by atoms with E-state index in [1.807, 2.05) is 6.08 Å². The number of fused-ring (bicyclic) bond motifs is 1. The van der Waals surface area contributed by atoms with Crippen LogP contribution < -0.4 is 0 Å². The van der Waals surface area contributed by atoms with Gasteiger partial charge in [-0.3, -0.25) is 4.79 Å². The zero-order valence-electron chi connectivity index (χ0n) is 10.1. The van der Waals surface area contributed by atoms with Crippen LogP contribution in [0.2, 0.25) is 0 Å². The minimum atomic E-state index is 0.260. The molecule has 0 heterocycles. The maximum absolute atomic E-state index is 11.4. The lowest BCUT2D eigenvalue weighted by atomic mass is 9.49. The summed E-state index contributed by atoms with van der Waals surface area (Å²) in [7, 11) is 0. The van der Waals surface area contributed by atoms with Gasteiger partial charge in [-0.15, -0.1) is 0 Å². The van der Waals surface area contributed by atoms with Crippen LogP contribution in [0.15, 0.2) is 11.6 Å². The first-order valence-corrected chi connectivity index (χ1v) is 5.67. The van der Waals surface area contributed by atoms with Gasteiger partial charge in [0, 0.05) is 5.92 Å². The molecule has 3 rings (SSSR count). The van der Waals surface area contributed by atoms with E-state index in [1.165, 1.54) is 12.0 Å². The minimum Gasteiger partial charge on any atom is -0.295 e. The molecule has 1 nitrogen and oxygen atoms in total. The number of ketones is 1. The number of hydrogen-bond donors (Lipinski definition) is 0. The van der Waals surface area contributed by atoms with E-state index in [0.717, 1.165) is 6.42 Å². The smallest absolute Gasteiger partial charge is 0.159 e. The molecular formula is C13H22O. The van der Waals surface area contributed by atoms with Gasteiger partial charge in [-0.2, -0.15) is 0 Å². The van der Waals surface area contributed by atoms with Gasteiger partial charge in [0.15, 0.2) is 5.78 Å². The van der Waals surface area contributed by atoms with Crippen LogP contribution in [0.3, 0.4) is 0 Å². The van der Waals surface area contributed by atoms with Crippen LogP contribution in [0.5, 0.6) is 0 Å². The van der Waals surface area contributed by atoms with Crippen LogP contribution in [0.4, 0.5) is 0 Å². The van der Waals surface area contributed by atoms with E-state index in [-0.39, 0.29) is 5.41 Å². The first-order chi connectivity index (χ1) is 6.45. The van der Waals surface area contributed by atoms with E-state index in [4.69, 9.17) is 0 Å². The normalized spacial score (nSPS) is 32.4. The van der Waals surface area contributed by atoms with E-state index in [2.05, 4.69) is 34.6 Å². The summed E-state index contributed by atoms with van der Waals surface area (Å²) in [6.45, 7) is 10.8. The van der Waals surface area contributed by atoms with Crippen molar-refractivity contribution in [3.8, 4) is 0 Å². The molecule has 14 heavy (non-hydrogen) atoms. The number of carbonyl (C=O) groups is 1. The zero-order valence-corrected chi connectivity index (χ0v) is 10.1. The molecule has 1 heteroatoms. The molecule has 2 bridgehead atoms. The van der Waals surface area contributed by atoms with Crippen LogP contribution in [-0.2, 0) is 4.79 Å². The fourth-order valence-electron chi connectivity index (χ4n) is 2.61. The quantitative estimate of drug-likeness (QED) is 0.576.